The summed E-state index contributed by atoms with van der Waals surface area (Å²) in [5.74, 6) is -1.18. The van der Waals surface area contributed by atoms with E-state index < -0.39 is 29.8 Å². The second kappa shape index (κ2) is 13.1. The summed E-state index contributed by atoms with van der Waals surface area (Å²) in [5.41, 5.74) is 0. The average Bonchev–Trinajstić information content (AvgIpc) is 3.16. The number of hydrogen-bond donors (Lipinski definition) is 1. The lowest BCUT2D eigenvalue weighted by Gasteiger charge is -2.10. The number of nitrogens with zero attached hydrogens (tertiary/aromatic N) is 2. The van der Waals surface area contributed by atoms with Crippen LogP contribution in [0.1, 0.15) is 64.7 Å². The summed E-state index contributed by atoms with van der Waals surface area (Å²) >= 11 is 0. The smallest absolute Gasteiger partial charge is 0.448 e. The molecule has 2 saturated heterocycles. The molecule has 0 spiro atoms. The largest absolute Gasteiger partial charge is 0.531 e. The number of rotatable bonds is 3. The van der Waals surface area contributed by atoms with Crippen molar-refractivity contribution in [2.75, 3.05) is 0 Å². The molecule has 166 valence electrons. The van der Waals surface area contributed by atoms with Crippen molar-refractivity contribution in [2.45, 2.75) is 64.7 Å². The fraction of sp³-hybridized carbons (Fsp3) is 0.579. The first-order chi connectivity index (χ1) is 14.3. The first kappa shape index (κ1) is 24.8. The topological polar surface area (TPSA) is 148 Å². The Kier molecular flexibility index (Phi) is 10.8. The molecule has 0 saturated carbocycles. The molecule has 2 aliphatic heterocycles. The minimum Gasteiger partial charge on any atom is -0.448 e. The monoisotopic (exact) mass is 426 g/mol. The van der Waals surface area contributed by atoms with Crippen LogP contribution < -0.4 is 0 Å². The molecule has 11 heteroatoms. The predicted octanol–water partition coefficient (Wildman–Crippen LogP) is 2.11. The predicted molar refractivity (Wildman–Crippen MR) is 99.8 cm³/mol. The van der Waals surface area contributed by atoms with Gasteiger partial charge in [-0.05, 0) is 31.6 Å². The van der Waals surface area contributed by atoms with Gasteiger partial charge in [0, 0.05) is 25.7 Å². The quantitative estimate of drug-likeness (QED) is 0.407. The van der Waals surface area contributed by atoms with E-state index in [2.05, 4.69) is 28.8 Å². The molecule has 1 N–H and O–H groups in total. The third-order valence-corrected chi connectivity index (χ3v) is 4.39. The van der Waals surface area contributed by atoms with Gasteiger partial charge in [-0.25, -0.2) is 4.79 Å². The number of carboxylic acid groups (broad SMARTS) is 1. The zero-order valence-corrected chi connectivity index (χ0v) is 16.8. The summed E-state index contributed by atoms with van der Waals surface area (Å²) in [6.45, 7) is 2.42. The van der Waals surface area contributed by atoms with E-state index in [9.17, 15) is 28.8 Å². The normalized spacial score (nSPS) is 22.1. The Hall–Kier alpha value is -3.24. The molecule has 0 aromatic carbocycles. The highest BCUT2D eigenvalue weighted by atomic mass is 16.8. The Morgan fingerprint density at radius 2 is 1.43 bits per heavy atom. The second-order valence-corrected chi connectivity index (χ2v) is 6.81. The molecular weight excluding hydrogens is 400 g/mol. The third kappa shape index (κ3) is 8.84. The summed E-state index contributed by atoms with van der Waals surface area (Å²) in [6.07, 6.45) is 10.1. The average molecular weight is 426 g/mol. The zero-order valence-electron chi connectivity index (χ0n) is 16.8. The van der Waals surface area contributed by atoms with E-state index in [4.69, 9.17) is 5.11 Å². The molecule has 3 aliphatic rings. The van der Waals surface area contributed by atoms with Crippen molar-refractivity contribution >= 4 is 36.3 Å². The van der Waals surface area contributed by atoms with Crippen molar-refractivity contribution in [3.8, 4) is 0 Å². The Morgan fingerprint density at radius 3 is 1.93 bits per heavy atom. The van der Waals surface area contributed by atoms with Crippen LogP contribution in [0.2, 0.25) is 0 Å². The number of carbonyl (C=O) groups excluding carboxylic acids is 5. The lowest BCUT2D eigenvalue weighted by atomic mass is 9.96. The van der Waals surface area contributed by atoms with Crippen molar-refractivity contribution in [3.05, 3.63) is 12.2 Å². The van der Waals surface area contributed by atoms with Gasteiger partial charge in [0.15, 0.2) is 0 Å². The van der Waals surface area contributed by atoms with Crippen molar-refractivity contribution in [1.82, 2.24) is 10.1 Å². The van der Waals surface area contributed by atoms with Gasteiger partial charge in [0.05, 0.1) is 0 Å². The van der Waals surface area contributed by atoms with Crippen molar-refractivity contribution in [2.24, 2.45) is 5.92 Å². The molecule has 2 fully saturated rings. The van der Waals surface area contributed by atoms with Crippen LogP contribution in [0.4, 0.5) is 4.79 Å². The molecule has 2 heterocycles. The molecule has 1 aliphatic carbocycles. The highest BCUT2D eigenvalue weighted by Gasteiger charge is 2.32. The van der Waals surface area contributed by atoms with Crippen LogP contribution in [0, 0.1) is 5.92 Å². The molecule has 4 amide bonds. The minimum atomic E-state index is -1.66. The van der Waals surface area contributed by atoms with Gasteiger partial charge in [-0.3, -0.25) is 28.8 Å². The summed E-state index contributed by atoms with van der Waals surface area (Å²) < 4.78 is 0. The van der Waals surface area contributed by atoms with Crippen molar-refractivity contribution in [3.63, 3.8) is 0 Å². The first-order valence-corrected chi connectivity index (χ1v) is 9.64. The van der Waals surface area contributed by atoms with Crippen LogP contribution in [0.25, 0.3) is 0 Å². The SMILES string of the molecule is C[C@@H]1CC/C=C/CCC1.O=C(O)ON1C(=O)CCC1=O.O=CON1C(=O)CCC1=O. The molecular formula is C19H26N2O9. The molecule has 0 aromatic rings. The number of amides is 4. The van der Waals surface area contributed by atoms with Gasteiger partial charge in [-0.15, -0.1) is 5.06 Å². The summed E-state index contributed by atoms with van der Waals surface area (Å²) in [4.78, 5) is 70.0. The Balaban J connectivity index is 0.000000226. The van der Waals surface area contributed by atoms with Gasteiger partial charge in [-0.2, -0.15) is 0 Å². The number of imide groups is 2. The van der Waals surface area contributed by atoms with Gasteiger partial charge in [0.25, 0.3) is 23.6 Å². The second-order valence-electron chi connectivity index (χ2n) is 6.81. The maximum atomic E-state index is 10.6. The molecule has 11 nitrogen and oxygen atoms in total. The fourth-order valence-electron chi connectivity index (χ4n) is 2.80. The number of allylic oxidation sites excluding steroid dienone is 2. The standard InChI is InChI=1S/C9H16.C5H5NO5.C5H5NO4/c1-9-7-5-3-2-4-6-8-9;7-3-1-2-4(8)6(3)11-5(9)10;7-3-10-6-4(8)1-2-5(6)9/h2-3,9H,4-8H2,1H3;1-2H2,(H,9,10);3H,1-2H2/b3-2+;;/t9-;;/m1../s1. The van der Waals surface area contributed by atoms with Gasteiger partial charge in [0.2, 0.25) is 0 Å². The van der Waals surface area contributed by atoms with E-state index in [0.717, 1.165) is 5.92 Å². The van der Waals surface area contributed by atoms with E-state index in [1.165, 1.54) is 32.1 Å². The van der Waals surface area contributed by atoms with Gasteiger partial charge < -0.3 is 9.94 Å². The molecule has 0 aromatic heterocycles. The Morgan fingerprint density at radius 1 is 0.933 bits per heavy atom. The molecule has 0 unspecified atom stereocenters. The lowest BCUT2D eigenvalue weighted by Crippen LogP contribution is -2.31. The summed E-state index contributed by atoms with van der Waals surface area (Å²) in [5, 5.41) is 8.79. The van der Waals surface area contributed by atoms with Crippen LogP contribution in [-0.4, -0.2) is 51.5 Å². The van der Waals surface area contributed by atoms with Crippen LogP contribution in [0.3, 0.4) is 0 Å². The fourth-order valence-corrected chi connectivity index (χ4v) is 2.80. The van der Waals surface area contributed by atoms with Crippen LogP contribution in [0.15, 0.2) is 12.2 Å². The minimum absolute atomic E-state index is 0.0200. The van der Waals surface area contributed by atoms with Crippen molar-refractivity contribution < 1.29 is 43.5 Å². The summed E-state index contributed by atoms with van der Waals surface area (Å²) in [6, 6.07) is 0. The maximum absolute atomic E-state index is 10.6. The van der Waals surface area contributed by atoms with Crippen LogP contribution in [-0.2, 0) is 33.6 Å². The Bertz CT molecular complexity index is 657. The van der Waals surface area contributed by atoms with E-state index in [1.54, 1.807) is 0 Å². The number of hydroxylamine groups is 4. The molecule has 0 radical (unpaired) electrons. The number of hydrogen-bond acceptors (Lipinski definition) is 8. The van der Waals surface area contributed by atoms with Crippen LogP contribution in [0.5, 0.6) is 0 Å². The first-order valence-electron chi connectivity index (χ1n) is 9.64. The van der Waals surface area contributed by atoms with Gasteiger partial charge in [-0.1, -0.05) is 30.6 Å². The Labute approximate surface area is 173 Å². The zero-order chi connectivity index (χ0) is 22.5. The molecule has 0 bridgehead atoms. The summed E-state index contributed by atoms with van der Waals surface area (Å²) in [7, 11) is 0. The van der Waals surface area contributed by atoms with E-state index >= 15 is 0 Å². The highest BCUT2D eigenvalue weighted by Crippen LogP contribution is 2.17. The molecule has 1 atom stereocenters. The van der Waals surface area contributed by atoms with E-state index in [0.29, 0.717) is 5.06 Å². The molecule has 30 heavy (non-hydrogen) atoms. The highest BCUT2D eigenvalue weighted by molar-refractivity contribution is 6.01. The van der Waals surface area contributed by atoms with E-state index in [1.807, 2.05) is 0 Å². The van der Waals surface area contributed by atoms with Crippen molar-refractivity contribution in [1.29, 1.82) is 0 Å². The third-order valence-electron chi connectivity index (χ3n) is 4.39. The van der Waals surface area contributed by atoms with E-state index in [-0.39, 0.29) is 37.2 Å². The van der Waals surface area contributed by atoms with Crippen LogP contribution >= 0.6 is 0 Å². The molecule has 3 rings (SSSR count). The lowest BCUT2D eigenvalue weighted by molar-refractivity contribution is -0.188. The van der Waals surface area contributed by atoms with Gasteiger partial charge in [0.1, 0.15) is 0 Å². The van der Waals surface area contributed by atoms with Gasteiger partial charge >= 0.3 is 12.6 Å². The maximum Gasteiger partial charge on any atom is 0.531 e. The number of carbonyl (C=O) groups is 6.